The predicted octanol–water partition coefficient (Wildman–Crippen LogP) is 0.543. The fraction of sp³-hybridized carbons (Fsp3) is 0.276. The first-order chi connectivity index (χ1) is 20.9. The molecule has 230 valence electrons. The number of nitrogens with zero attached hydrogens (tertiary/aromatic N) is 2. The van der Waals surface area contributed by atoms with Crippen molar-refractivity contribution < 1.29 is 39.3 Å². The molecular formula is C29H30N6O9. The zero-order valence-electron chi connectivity index (χ0n) is 23.3. The van der Waals surface area contributed by atoms with E-state index in [4.69, 9.17) is 22.4 Å². The lowest BCUT2D eigenvalue weighted by atomic mass is 10.1. The number of hydrogen-bond donors (Lipinski definition) is 7. The van der Waals surface area contributed by atoms with E-state index in [1.165, 1.54) is 12.1 Å². The molecule has 8 N–H and O–H groups in total. The number of nitrogens with two attached hydrogens (primary N) is 1. The van der Waals surface area contributed by atoms with Gasteiger partial charge in [0, 0.05) is 30.6 Å². The first-order valence-corrected chi connectivity index (χ1v) is 13.2. The number of carbonyl (C=O) groups is 5. The van der Waals surface area contributed by atoms with Gasteiger partial charge in [-0.15, -0.1) is 6.42 Å². The second-order valence-corrected chi connectivity index (χ2v) is 9.70. The minimum atomic E-state index is -1.56. The summed E-state index contributed by atoms with van der Waals surface area (Å²) in [7, 11) is 0. The highest BCUT2D eigenvalue weighted by atomic mass is 16.4. The van der Waals surface area contributed by atoms with Gasteiger partial charge < -0.3 is 36.6 Å². The van der Waals surface area contributed by atoms with Gasteiger partial charge in [-0.3, -0.25) is 29.0 Å². The highest BCUT2D eigenvalue weighted by Gasteiger charge is 2.28. The van der Waals surface area contributed by atoms with E-state index < -0.39 is 61.1 Å². The molecule has 3 rings (SSSR count). The van der Waals surface area contributed by atoms with Crippen LogP contribution in [-0.2, 0) is 25.7 Å². The molecule has 0 saturated heterocycles. The number of nitrogen functional groups attached to an aromatic ring is 1. The summed E-state index contributed by atoms with van der Waals surface area (Å²) >= 11 is 0. The fourth-order valence-electron chi connectivity index (χ4n) is 4.27. The Morgan fingerprint density at radius 1 is 0.955 bits per heavy atom. The highest BCUT2D eigenvalue weighted by Crippen LogP contribution is 2.20. The van der Waals surface area contributed by atoms with Crippen molar-refractivity contribution in [3.63, 3.8) is 0 Å². The summed E-state index contributed by atoms with van der Waals surface area (Å²) in [4.78, 5) is 79.9. The molecule has 0 spiro atoms. The Balaban J connectivity index is 1.75. The normalized spacial score (nSPS) is 12.0. The first-order valence-electron chi connectivity index (χ1n) is 13.2. The van der Waals surface area contributed by atoms with Crippen LogP contribution in [0.15, 0.2) is 47.3 Å². The van der Waals surface area contributed by atoms with E-state index in [0.29, 0.717) is 23.1 Å². The van der Waals surface area contributed by atoms with E-state index in [1.54, 1.807) is 30.3 Å². The van der Waals surface area contributed by atoms with Crippen molar-refractivity contribution >= 4 is 52.3 Å². The molecule has 0 fully saturated rings. The summed E-state index contributed by atoms with van der Waals surface area (Å²) < 4.78 is 0. The van der Waals surface area contributed by atoms with Gasteiger partial charge in [-0.1, -0.05) is 12.0 Å². The first kappa shape index (κ1) is 32.6. The van der Waals surface area contributed by atoms with Crippen LogP contribution in [-0.4, -0.2) is 73.6 Å². The number of terminal acetylenes is 1. The third-order valence-corrected chi connectivity index (χ3v) is 6.47. The van der Waals surface area contributed by atoms with Crippen molar-refractivity contribution in [2.75, 3.05) is 17.2 Å². The quantitative estimate of drug-likeness (QED) is 0.117. The average molecular weight is 607 g/mol. The fourth-order valence-corrected chi connectivity index (χ4v) is 4.27. The van der Waals surface area contributed by atoms with E-state index in [-0.39, 0.29) is 30.0 Å². The molecule has 1 aromatic heterocycles. The van der Waals surface area contributed by atoms with Crippen LogP contribution in [0, 0.1) is 12.3 Å². The molecule has 0 bridgehead atoms. The van der Waals surface area contributed by atoms with E-state index >= 15 is 0 Å². The Morgan fingerprint density at radius 2 is 1.59 bits per heavy atom. The van der Waals surface area contributed by atoms with Crippen LogP contribution >= 0.6 is 0 Å². The van der Waals surface area contributed by atoms with Gasteiger partial charge in [0.25, 0.3) is 11.5 Å². The molecule has 2 aromatic carbocycles. The third-order valence-electron chi connectivity index (χ3n) is 6.47. The number of hydrogen-bond acceptors (Lipinski definition) is 9. The van der Waals surface area contributed by atoms with E-state index in [0.717, 1.165) is 5.56 Å². The van der Waals surface area contributed by atoms with Gasteiger partial charge in [-0.25, -0.2) is 9.78 Å². The Morgan fingerprint density at radius 3 is 2.18 bits per heavy atom. The second kappa shape index (κ2) is 14.8. The van der Waals surface area contributed by atoms with Crippen molar-refractivity contribution in [2.45, 2.75) is 44.3 Å². The van der Waals surface area contributed by atoms with Crippen LogP contribution in [0.2, 0.25) is 0 Å². The highest BCUT2D eigenvalue weighted by molar-refractivity contribution is 5.98. The largest absolute Gasteiger partial charge is 0.481 e. The third kappa shape index (κ3) is 9.05. The molecule has 0 radical (unpaired) electrons. The number of anilines is 2. The van der Waals surface area contributed by atoms with Gasteiger partial charge in [0.1, 0.15) is 12.1 Å². The number of benzene rings is 2. The zero-order valence-corrected chi connectivity index (χ0v) is 23.3. The molecule has 2 amide bonds. The summed E-state index contributed by atoms with van der Waals surface area (Å²) in [6.45, 7) is 0.490. The summed E-state index contributed by atoms with van der Waals surface area (Å²) in [6.07, 6.45) is 3.78. The number of rotatable bonds is 15. The number of carboxylic acids is 3. The number of aromatic nitrogens is 2. The Kier molecular flexibility index (Phi) is 11.0. The number of H-pyrrole nitrogens is 1. The smallest absolute Gasteiger partial charge is 0.326 e. The number of carbonyl (C=O) groups excluding carboxylic acids is 2. The lowest BCUT2D eigenvalue weighted by molar-refractivity contribution is -0.143. The second-order valence-electron chi connectivity index (χ2n) is 9.70. The molecular weight excluding hydrogens is 576 g/mol. The molecule has 15 heteroatoms. The van der Waals surface area contributed by atoms with Gasteiger partial charge in [0.15, 0.2) is 0 Å². The van der Waals surface area contributed by atoms with Gasteiger partial charge in [-0.05, 0) is 54.8 Å². The summed E-state index contributed by atoms with van der Waals surface area (Å²) in [6, 6.07) is 8.30. The molecule has 3 aromatic rings. The van der Waals surface area contributed by atoms with Gasteiger partial charge in [-0.2, -0.15) is 0 Å². The monoisotopic (exact) mass is 606 g/mol. The number of fused-ring (bicyclic) bond motifs is 1. The number of nitrogens with one attached hydrogen (secondary N) is 3. The number of aliphatic carboxylic acids is 3. The average Bonchev–Trinajstić information content (AvgIpc) is 2.96. The maximum atomic E-state index is 13.0. The molecule has 0 aliphatic heterocycles. The standard InChI is InChI=1S/C29H30N6O9/c1-2-13-35(15-16-3-8-20-19(14-16)26(41)34-29(30)33-20)18-6-4-17(5-7-18)25(40)31-21(9-11-23(36)37)27(42)32-22(28(43)44)10-12-24(38)39/h1,3-8,14,21-22H,9-13,15H2,(H,31,40)(H,32,42)(H,36,37)(H,38,39)(H,43,44)(H3,30,33,34,41)/t21-,22-/m0/s1. The minimum absolute atomic E-state index is 0.00219. The van der Waals surface area contributed by atoms with Crippen LogP contribution in [0.3, 0.4) is 0 Å². The number of carboxylic acid groups (broad SMARTS) is 3. The predicted molar refractivity (Wildman–Crippen MR) is 158 cm³/mol. The Bertz CT molecular complexity index is 1660. The molecule has 0 aliphatic carbocycles. The van der Waals surface area contributed by atoms with Crippen molar-refractivity contribution in [1.82, 2.24) is 20.6 Å². The number of amides is 2. The molecule has 1 heterocycles. The van der Waals surface area contributed by atoms with Gasteiger partial charge in [0.2, 0.25) is 11.9 Å². The Hall–Kier alpha value is -5.91. The van der Waals surface area contributed by atoms with Crippen molar-refractivity contribution in [1.29, 1.82) is 0 Å². The van der Waals surface area contributed by atoms with Crippen LogP contribution in [0.1, 0.15) is 41.6 Å². The van der Waals surface area contributed by atoms with E-state index in [2.05, 4.69) is 26.5 Å². The molecule has 15 nitrogen and oxygen atoms in total. The molecule has 0 aliphatic rings. The van der Waals surface area contributed by atoms with Crippen LogP contribution in [0.5, 0.6) is 0 Å². The molecule has 0 unspecified atom stereocenters. The molecule has 0 saturated carbocycles. The van der Waals surface area contributed by atoms with Crippen molar-refractivity contribution in [3.05, 3.63) is 63.9 Å². The van der Waals surface area contributed by atoms with E-state index in [1.807, 2.05) is 4.90 Å². The summed E-state index contributed by atoms with van der Waals surface area (Å²) in [5.74, 6) is -3.12. The maximum Gasteiger partial charge on any atom is 0.326 e. The molecule has 2 atom stereocenters. The number of aromatic amines is 1. The van der Waals surface area contributed by atoms with Gasteiger partial charge in [0.05, 0.1) is 17.4 Å². The summed E-state index contributed by atoms with van der Waals surface area (Å²) in [5.41, 5.74) is 7.15. The van der Waals surface area contributed by atoms with Crippen molar-refractivity contribution in [2.24, 2.45) is 0 Å². The lowest BCUT2D eigenvalue weighted by Gasteiger charge is -2.23. The SMILES string of the molecule is C#CCN(Cc1ccc2nc(N)[nH]c(=O)c2c1)c1ccc(C(=O)N[C@@H](CCC(=O)O)C(=O)N[C@@H](CCC(=O)O)C(=O)O)cc1. The lowest BCUT2D eigenvalue weighted by Crippen LogP contribution is -2.51. The maximum absolute atomic E-state index is 13.0. The van der Waals surface area contributed by atoms with Crippen LogP contribution < -0.4 is 26.8 Å². The van der Waals surface area contributed by atoms with Crippen LogP contribution in [0.4, 0.5) is 11.6 Å². The summed E-state index contributed by atoms with van der Waals surface area (Å²) in [5, 5.41) is 32.2. The van der Waals surface area contributed by atoms with Crippen LogP contribution in [0.25, 0.3) is 10.9 Å². The molecule has 44 heavy (non-hydrogen) atoms. The van der Waals surface area contributed by atoms with Gasteiger partial charge >= 0.3 is 17.9 Å². The van der Waals surface area contributed by atoms with Crippen molar-refractivity contribution in [3.8, 4) is 12.3 Å². The minimum Gasteiger partial charge on any atom is -0.481 e. The van der Waals surface area contributed by atoms with E-state index in [9.17, 15) is 33.9 Å². The Labute approximate surface area is 250 Å². The topological polar surface area (TPSA) is 245 Å². The zero-order chi connectivity index (χ0) is 32.4.